The monoisotopic (exact) mass is 223 g/mol. The average molecular weight is 223 g/mol. The maximum absolute atomic E-state index is 9.62. The molecule has 1 atom stereocenters. The van der Waals surface area contributed by atoms with Crippen LogP contribution >= 0.6 is 0 Å². The smallest absolute Gasteiger partial charge is 0.161 e. The molecule has 0 aliphatic rings. The van der Waals surface area contributed by atoms with E-state index in [1.807, 2.05) is 0 Å². The van der Waals surface area contributed by atoms with E-state index >= 15 is 0 Å². The molecule has 0 bridgehead atoms. The van der Waals surface area contributed by atoms with E-state index in [1.54, 1.807) is 12.1 Å². The van der Waals surface area contributed by atoms with Crippen molar-refractivity contribution in [1.29, 1.82) is 0 Å². The third kappa shape index (κ3) is 3.14. The normalized spacial score (nSPS) is 13.8. The predicted molar refractivity (Wildman–Crippen MR) is 65.5 cm³/mol. The van der Waals surface area contributed by atoms with Gasteiger partial charge >= 0.3 is 0 Å². The highest BCUT2D eigenvalue weighted by molar-refractivity contribution is 5.44. The molecule has 0 fully saturated rings. The first-order valence-electron chi connectivity index (χ1n) is 5.55. The van der Waals surface area contributed by atoms with Crippen molar-refractivity contribution in [2.24, 2.45) is 5.41 Å². The lowest BCUT2D eigenvalue weighted by atomic mass is 9.88. The van der Waals surface area contributed by atoms with Gasteiger partial charge in [0.15, 0.2) is 11.5 Å². The minimum absolute atomic E-state index is 0.0314. The second-order valence-corrected chi connectivity index (χ2v) is 5.25. The summed E-state index contributed by atoms with van der Waals surface area (Å²) in [5.74, 6) is -0.0983. The number of hydrogen-bond donors (Lipinski definition) is 3. The summed E-state index contributed by atoms with van der Waals surface area (Å²) < 4.78 is 0. The highest BCUT2D eigenvalue weighted by Gasteiger charge is 2.19. The second-order valence-electron chi connectivity index (χ2n) is 5.25. The number of aromatic hydroxyl groups is 2. The van der Waals surface area contributed by atoms with Crippen LogP contribution in [-0.4, -0.2) is 16.3 Å². The van der Waals surface area contributed by atoms with Gasteiger partial charge in [-0.3, -0.25) is 0 Å². The average Bonchev–Trinajstić information content (AvgIpc) is 2.18. The van der Waals surface area contributed by atoms with E-state index in [0.29, 0.717) is 12.6 Å². The first-order valence-corrected chi connectivity index (χ1v) is 5.55. The van der Waals surface area contributed by atoms with Crippen LogP contribution in [0.2, 0.25) is 0 Å². The van der Waals surface area contributed by atoms with E-state index in [-0.39, 0.29) is 16.9 Å². The molecule has 0 heterocycles. The van der Waals surface area contributed by atoms with E-state index in [9.17, 15) is 10.2 Å². The minimum Gasteiger partial charge on any atom is -0.504 e. The molecule has 16 heavy (non-hydrogen) atoms. The fraction of sp³-hybridized carbons (Fsp3) is 0.538. The van der Waals surface area contributed by atoms with Gasteiger partial charge in [-0.1, -0.05) is 32.9 Å². The molecule has 1 aromatic carbocycles. The molecule has 1 unspecified atom stereocenters. The maximum Gasteiger partial charge on any atom is 0.161 e. The van der Waals surface area contributed by atoms with Crippen molar-refractivity contribution in [3.05, 3.63) is 23.8 Å². The summed E-state index contributed by atoms with van der Waals surface area (Å²) in [6.45, 7) is 9.14. The number of benzene rings is 1. The molecule has 0 amide bonds. The van der Waals surface area contributed by atoms with Crippen LogP contribution in [0.5, 0.6) is 11.5 Å². The Morgan fingerprint density at radius 3 is 2.44 bits per heavy atom. The molecule has 0 aromatic heterocycles. The van der Waals surface area contributed by atoms with Crippen LogP contribution in [0.15, 0.2) is 18.2 Å². The minimum atomic E-state index is -0.0669. The Bertz CT molecular complexity index is 355. The van der Waals surface area contributed by atoms with Gasteiger partial charge in [0.2, 0.25) is 0 Å². The molecule has 1 rings (SSSR count). The Labute approximate surface area is 97.1 Å². The molecule has 3 nitrogen and oxygen atoms in total. The van der Waals surface area contributed by atoms with Crippen LogP contribution in [0, 0.1) is 5.41 Å². The number of phenolic OH excluding ortho intramolecular Hbond substituents is 2. The van der Waals surface area contributed by atoms with Crippen molar-refractivity contribution >= 4 is 0 Å². The SMILES string of the molecule is CC(NCc1cccc(O)c1O)C(C)(C)C. The third-order valence-electron chi connectivity index (χ3n) is 3.00. The van der Waals surface area contributed by atoms with Gasteiger partial charge in [-0.2, -0.15) is 0 Å². The molecule has 3 N–H and O–H groups in total. The van der Waals surface area contributed by atoms with Gasteiger partial charge in [-0.25, -0.2) is 0 Å². The molecule has 0 spiro atoms. The molecule has 0 radical (unpaired) electrons. The Hall–Kier alpha value is -1.22. The Kier molecular flexibility index (Phi) is 3.81. The van der Waals surface area contributed by atoms with Crippen molar-refractivity contribution in [2.75, 3.05) is 0 Å². The third-order valence-corrected chi connectivity index (χ3v) is 3.00. The van der Waals surface area contributed by atoms with Crippen molar-refractivity contribution in [3.63, 3.8) is 0 Å². The van der Waals surface area contributed by atoms with E-state index in [1.165, 1.54) is 6.07 Å². The van der Waals surface area contributed by atoms with Crippen molar-refractivity contribution in [1.82, 2.24) is 5.32 Å². The van der Waals surface area contributed by atoms with Crippen LogP contribution in [-0.2, 0) is 6.54 Å². The number of para-hydroxylation sites is 1. The van der Waals surface area contributed by atoms with Crippen LogP contribution in [0.3, 0.4) is 0 Å². The largest absolute Gasteiger partial charge is 0.504 e. The highest BCUT2D eigenvalue weighted by Crippen LogP contribution is 2.28. The van der Waals surface area contributed by atoms with E-state index in [4.69, 9.17) is 0 Å². The van der Waals surface area contributed by atoms with Gasteiger partial charge in [0.05, 0.1) is 0 Å². The van der Waals surface area contributed by atoms with Crippen LogP contribution in [0.1, 0.15) is 33.3 Å². The van der Waals surface area contributed by atoms with Crippen molar-refractivity contribution in [3.8, 4) is 11.5 Å². The molecular formula is C13H21NO2. The lowest BCUT2D eigenvalue weighted by Crippen LogP contribution is -2.37. The summed E-state index contributed by atoms with van der Waals surface area (Å²) in [4.78, 5) is 0. The summed E-state index contributed by atoms with van der Waals surface area (Å²) >= 11 is 0. The molecule has 0 saturated carbocycles. The molecule has 0 saturated heterocycles. The molecule has 3 heteroatoms. The summed E-state index contributed by atoms with van der Waals surface area (Å²) in [7, 11) is 0. The first-order chi connectivity index (χ1) is 7.32. The Morgan fingerprint density at radius 2 is 1.88 bits per heavy atom. The van der Waals surface area contributed by atoms with Gasteiger partial charge < -0.3 is 15.5 Å². The number of rotatable bonds is 3. The fourth-order valence-corrected chi connectivity index (χ4v) is 1.29. The first kappa shape index (κ1) is 12.8. The van der Waals surface area contributed by atoms with Crippen molar-refractivity contribution in [2.45, 2.75) is 40.3 Å². The Morgan fingerprint density at radius 1 is 1.25 bits per heavy atom. The zero-order valence-electron chi connectivity index (χ0n) is 10.4. The molecule has 90 valence electrons. The highest BCUT2D eigenvalue weighted by atomic mass is 16.3. The number of hydrogen-bond acceptors (Lipinski definition) is 3. The number of phenols is 2. The van der Waals surface area contributed by atoms with Crippen LogP contribution in [0.25, 0.3) is 0 Å². The van der Waals surface area contributed by atoms with Crippen LogP contribution < -0.4 is 5.32 Å². The fourth-order valence-electron chi connectivity index (χ4n) is 1.29. The van der Waals surface area contributed by atoms with Gasteiger partial charge in [-0.15, -0.1) is 0 Å². The van der Waals surface area contributed by atoms with E-state index in [0.717, 1.165) is 5.56 Å². The molecule has 0 aliphatic heterocycles. The maximum atomic E-state index is 9.62. The van der Waals surface area contributed by atoms with E-state index in [2.05, 4.69) is 33.0 Å². The summed E-state index contributed by atoms with van der Waals surface area (Å²) in [5.41, 5.74) is 0.892. The van der Waals surface area contributed by atoms with Gasteiger partial charge in [-0.05, 0) is 18.4 Å². The topological polar surface area (TPSA) is 52.5 Å². The summed E-state index contributed by atoms with van der Waals surface area (Å²) in [6.07, 6.45) is 0. The standard InChI is InChI=1S/C13H21NO2/c1-9(13(2,3)4)14-8-10-6-5-7-11(15)12(10)16/h5-7,9,14-16H,8H2,1-4H3. The summed E-state index contributed by atoms with van der Waals surface area (Å²) in [6, 6.07) is 5.34. The molecular weight excluding hydrogens is 202 g/mol. The lowest BCUT2D eigenvalue weighted by Gasteiger charge is -2.28. The lowest BCUT2D eigenvalue weighted by molar-refractivity contribution is 0.283. The summed E-state index contributed by atoms with van der Waals surface area (Å²) in [5, 5.41) is 22.3. The quantitative estimate of drug-likeness (QED) is 0.690. The molecule has 1 aromatic rings. The Balaban J connectivity index is 2.65. The van der Waals surface area contributed by atoms with Crippen molar-refractivity contribution < 1.29 is 10.2 Å². The number of nitrogens with one attached hydrogen (secondary N) is 1. The van der Waals surface area contributed by atoms with Gasteiger partial charge in [0, 0.05) is 18.2 Å². The zero-order valence-corrected chi connectivity index (χ0v) is 10.4. The van der Waals surface area contributed by atoms with Crippen LogP contribution in [0.4, 0.5) is 0 Å². The van der Waals surface area contributed by atoms with Gasteiger partial charge in [0.25, 0.3) is 0 Å². The molecule has 0 aliphatic carbocycles. The van der Waals surface area contributed by atoms with E-state index < -0.39 is 0 Å². The predicted octanol–water partition coefficient (Wildman–Crippen LogP) is 2.62. The van der Waals surface area contributed by atoms with Gasteiger partial charge in [0.1, 0.15) is 0 Å². The second kappa shape index (κ2) is 4.74. The zero-order chi connectivity index (χ0) is 12.3.